The minimum Gasteiger partial charge on any atom is -0.350 e. The first kappa shape index (κ1) is 17.9. The summed E-state index contributed by atoms with van der Waals surface area (Å²) >= 11 is 0. The van der Waals surface area contributed by atoms with Gasteiger partial charge >= 0.3 is 0 Å². The number of rotatable bonds is 4. The fourth-order valence-electron chi connectivity index (χ4n) is 2.79. The average Bonchev–Trinajstić information content (AvgIpc) is 2.76. The number of carbonyl (C=O) groups is 1. The highest BCUT2D eigenvalue weighted by atomic mass is 32.2. The molecule has 23 heavy (non-hydrogen) atoms. The van der Waals surface area contributed by atoms with E-state index in [1.807, 2.05) is 13.8 Å². The zero-order valence-electron chi connectivity index (χ0n) is 14.1. The molecule has 0 saturated carbocycles. The van der Waals surface area contributed by atoms with Crippen LogP contribution in [0.5, 0.6) is 0 Å². The highest BCUT2D eigenvalue weighted by Gasteiger charge is 2.27. The average molecular weight is 338 g/mol. The summed E-state index contributed by atoms with van der Waals surface area (Å²) in [7, 11) is -3.55. The molecule has 5 nitrogen and oxygen atoms in total. The fourth-order valence-corrected chi connectivity index (χ4v) is 4.55. The van der Waals surface area contributed by atoms with E-state index in [9.17, 15) is 13.2 Å². The molecule has 1 aliphatic rings. The predicted molar refractivity (Wildman–Crippen MR) is 91.0 cm³/mol. The first-order chi connectivity index (χ1) is 10.8. The molecule has 0 radical (unpaired) electrons. The quantitative estimate of drug-likeness (QED) is 0.918. The second-order valence-corrected chi connectivity index (χ2v) is 8.33. The summed E-state index contributed by atoms with van der Waals surface area (Å²) in [5.74, 6) is -0.243. The normalized spacial score (nSPS) is 17.0. The Morgan fingerprint density at radius 1 is 1.13 bits per heavy atom. The van der Waals surface area contributed by atoms with Gasteiger partial charge in [-0.2, -0.15) is 4.31 Å². The van der Waals surface area contributed by atoms with Crippen LogP contribution in [0.2, 0.25) is 0 Å². The van der Waals surface area contributed by atoms with E-state index in [0.717, 1.165) is 25.7 Å². The van der Waals surface area contributed by atoms with Gasteiger partial charge in [0.25, 0.3) is 5.91 Å². The highest BCUT2D eigenvalue weighted by Crippen LogP contribution is 2.24. The Balaban J connectivity index is 2.35. The summed E-state index contributed by atoms with van der Waals surface area (Å²) < 4.78 is 27.5. The highest BCUT2D eigenvalue weighted by molar-refractivity contribution is 7.89. The Hall–Kier alpha value is -1.40. The maximum absolute atomic E-state index is 13.0. The van der Waals surface area contributed by atoms with E-state index in [4.69, 9.17) is 0 Å². The van der Waals surface area contributed by atoms with Crippen LogP contribution in [-0.2, 0) is 10.0 Å². The van der Waals surface area contributed by atoms with E-state index in [1.54, 1.807) is 23.4 Å². The Morgan fingerprint density at radius 3 is 2.30 bits per heavy atom. The van der Waals surface area contributed by atoms with Crippen LogP contribution >= 0.6 is 0 Å². The first-order valence-corrected chi connectivity index (χ1v) is 9.68. The molecular formula is C17H26N2O3S. The predicted octanol–water partition coefficient (Wildman–Crippen LogP) is 2.70. The van der Waals surface area contributed by atoms with Crippen LogP contribution in [0.1, 0.15) is 55.5 Å². The van der Waals surface area contributed by atoms with Crippen molar-refractivity contribution in [3.05, 3.63) is 29.3 Å². The van der Waals surface area contributed by atoms with Crippen molar-refractivity contribution >= 4 is 15.9 Å². The number of nitrogens with zero attached hydrogens (tertiary/aromatic N) is 1. The summed E-state index contributed by atoms with van der Waals surface area (Å²) in [5, 5.41) is 2.80. The van der Waals surface area contributed by atoms with Gasteiger partial charge in [-0.05, 0) is 51.3 Å². The van der Waals surface area contributed by atoms with Gasteiger partial charge in [0.05, 0.1) is 4.90 Å². The molecule has 1 aromatic carbocycles. The Morgan fingerprint density at radius 2 is 1.74 bits per heavy atom. The number of amides is 1. The third-order valence-electron chi connectivity index (χ3n) is 4.05. The van der Waals surface area contributed by atoms with E-state index in [0.29, 0.717) is 24.2 Å². The van der Waals surface area contributed by atoms with E-state index in [2.05, 4.69) is 5.32 Å². The number of hydrogen-bond donors (Lipinski definition) is 1. The van der Waals surface area contributed by atoms with Gasteiger partial charge in [-0.15, -0.1) is 0 Å². The molecule has 1 aromatic rings. The zero-order valence-corrected chi connectivity index (χ0v) is 14.9. The van der Waals surface area contributed by atoms with Crippen LogP contribution in [0.4, 0.5) is 0 Å². The number of benzene rings is 1. The van der Waals surface area contributed by atoms with Crippen molar-refractivity contribution in [3.63, 3.8) is 0 Å². The van der Waals surface area contributed by atoms with Crippen molar-refractivity contribution in [3.8, 4) is 0 Å². The minimum atomic E-state index is -3.55. The lowest BCUT2D eigenvalue weighted by atomic mass is 10.1. The Labute approximate surface area is 139 Å². The van der Waals surface area contributed by atoms with Gasteiger partial charge in [-0.3, -0.25) is 4.79 Å². The van der Waals surface area contributed by atoms with Crippen LogP contribution in [0, 0.1) is 6.92 Å². The van der Waals surface area contributed by atoms with Crippen molar-refractivity contribution in [1.29, 1.82) is 0 Å². The lowest BCUT2D eigenvalue weighted by Crippen LogP contribution is -2.33. The molecule has 0 atom stereocenters. The molecule has 1 fully saturated rings. The minimum absolute atomic E-state index is 0.00877. The molecule has 1 aliphatic heterocycles. The molecule has 1 saturated heterocycles. The Bertz CT molecular complexity index is 660. The van der Waals surface area contributed by atoms with Gasteiger partial charge in [-0.25, -0.2) is 8.42 Å². The van der Waals surface area contributed by atoms with Crippen molar-refractivity contribution < 1.29 is 13.2 Å². The topological polar surface area (TPSA) is 66.5 Å². The van der Waals surface area contributed by atoms with E-state index < -0.39 is 10.0 Å². The second kappa shape index (κ2) is 7.45. The second-order valence-electron chi connectivity index (χ2n) is 6.43. The molecular weight excluding hydrogens is 312 g/mol. The van der Waals surface area contributed by atoms with Gasteiger partial charge in [-0.1, -0.05) is 18.9 Å². The van der Waals surface area contributed by atoms with Crippen LogP contribution in [0.15, 0.2) is 23.1 Å². The monoisotopic (exact) mass is 338 g/mol. The van der Waals surface area contributed by atoms with E-state index in [1.165, 1.54) is 6.07 Å². The standard InChI is InChI=1S/C17H26N2O3S/c1-13(2)18-17(20)15-9-8-14(3)16(12-15)23(21,22)19-10-6-4-5-7-11-19/h8-9,12-13H,4-7,10-11H2,1-3H3,(H,18,20). The first-order valence-electron chi connectivity index (χ1n) is 8.24. The number of hydrogen-bond acceptors (Lipinski definition) is 3. The molecule has 1 amide bonds. The van der Waals surface area contributed by atoms with Crippen molar-refractivity contribution in [2.24, 2.45) is 0 Å². The summed E-state index contributed by atoms with van der Waals surface area (Å²) in [6, 6.07) is 4.90. The molecule has 0 aliphatic carbocycles. The van der Waals surface area contributed by atoms with Gasteiger partial charge in [0.1, 0.15) is 0 Å². The van der Waals surface area contributed by atoms with Gasteiger partial charge in [0, 0.05) is 24.7 Å². The van der Waals surface area contributed by atoms with Gasteiger partial charge in [0.15, 0.2) is 0 Å². The third kappa shape index (κ3) is 4.32. The number of carbonyl (C=O) groups excluding carboxylic acids is 1. The molecule has 2 rings (SSSR count). The third-order valence-corrected chi connectivity index (χ3v) is 6.09. The molecule has 1 heterocycles. The van der Waals surface area contributed by atoms with Crippen LogP contribution in [0.3, 0.4) is 0 Å². The molecule has 0 bridgehead atoms. The van der Waals surface area contributed by atoms with Crippen molar-refractivity contribution in [2.75, 3.05) is 13.1 Å². The maximum Gasteiger partial charge on any atom is 0.251 e. The maximum atomic E-state index is 13.0. The van der Waals surface area contributed by atoms with Gasteiger partial charge in [0.2, 0.25) is 10.0 Å². The molecule has 6 heteroatoms. The molecule has 128 valence electrons. The smallest absolute Gasteiger partial charge is 0.251 e. The zero-order chi connectivity index (χ0) is 17.0. The summed E-state index contributed by atoms with van der Waals surface area (Å²) in [5.41, 5.74) is 1.06. The number of nitrogens with one attached hydrogen (secondary N) is 1. The lowest BCUT2D eigenvalue weighted by Gasteiger charge is -2.21. The largest absolute Gasteiger partial charge is 0.350 e. The fraction of sp³-hybridized carbons (Fsp3) is 0.588. The van der Waals surface area contributed by atoms with Crippen molar-refractivity contribution in [2.45, 2.75) is 57.4 Å². The SMILES string of the molecule is Cc1ccc(C(=O)NC(C)C)cc1S(=O)(=O)N1CCCCCC1. The number of aryl methyl sites for hydroxylation is 1. The molecule has 0 unspecified atom stereocenters. The van der Waals surface area contributed by atoms with Crippen LogP contribution < -0.4 is 5.32 Å². The molecule has 1 N–H and O–H groups in total. The summed E-state index contributed by atoms with van der Waals surface area (Å²) in [6.07, 6.45) is 3.93. The van der Waals surface area contributed by atoms with Gasteiger partial charge < -0.3 is 5.32 Å². The van der Waals surface area contributed by atoms with E-state index in [-0.39, 0.29) is 16.8 Å². The van der Waals surface area contributed by atoms with Crippen LogP contribution in [0.25, 0.3) is 0 Å². The number of sulfonamides is 1. The molecule has 0 spiro atoms. The van der Waals surface area contributed by atoms with E-state index >= 15 is 0 Å². The van der Waals surface area contributed by atoms with Crippen LogP contribution in [-0.4, -0.2) is 37.8 Å². The Kier molecular flexibility index (Phi) is 5.81. The molecule has 0 aromatic heterocycles. The summed E-state index contributed by atoms with van der Waals surface area (Å²) in [4.78, 5) is 12.4. The summed E-state index contributed by atoms with van der Waals surface area (Å²) in [6.45, 7) is 6.64. The van der Waals surface area contributed by atoms with Crippen molar-refractivity contribution in [1.82, 2.24) is 9.62 Å². The lowest BCUT2D eigenvalue weighted by molar-refractivity contribution is 0.0943.